The standard InChI is InChI=1S/C11H11ClN2O/c1-2-3-7-4-5-9-8(6-7)10(15)14-11(12)13-9/h4-6H,2-3H2,1H3,(H,13,14,15). The molecule has 0 atom stereocenters. The fraction of sp³-hybridized carbons (Fsp3) is 0.273. The molecule has 0 aliphatic carbocycles. The Morgan fingerprint density at radius 1 is 1.47 bits per heavy atom. The zero-order chi connectivity index (χ0) is 10.8. The van der Waals surface area contributed by atoms with Gasteiger partial charge in [-0.1, -0.05) is 19.4 Å². The first-order chi connectivity index (χ1) is 7.20. The fourth-order valence-corrected chi connectivity index (χ4v) is 1.78. The molecule has 78 valence electrons. The summed E-state index contributed by atoms with van der Waals surface area (Å²) < 4.78 is 0. The van der Waals surface area contributed by atoms with Crippen LogP contribution in [0.25, 0.3) is 10.9 Å². The largest absolute Gasteiger partial charge is 0.297 e. The Kier molecular flexibility index (Phi) is 2.73. The van der Waals surface area contributed by atoms with Gasteiger partial charge in [-0.25, -0.2) is 4.98 Å². The van der Waals surface area contributed by atoms with Gasteiger partial charge in [-0.2, -0.15) is 0 Å². The first kappa shape index (κ1) is 10.2. The molecule has 15 heavy (non-hydrogen) atoms. The van der Waals surface area contributed by atoms with Gasteiger partial charge < -0.3 is 0 Å². The lowest BCUT2D eigenvalue weighted by Gasteiger charge is -2.01. The molecule has 0 saturated carbocycles. The normalized spacial score (nSPS) is 10.8. The molecule has 0 aliphatic rings. The van der Waals surface area contributed by atoms with Crippen molar-refractivity contribution in [1.29, 1.82) is 0 Å². The molecule has 2 aromatic rings. The minimum atomic E-state index is -0.178. The van der Waals surface area contributed by atoms with Gasteiger partial charge in [0.2, 0.25) is 5.28 Å². The van der Waals surface area contributed by atoms with E-state index < -0.39 is 0 Å². The van der Waals surface area contributed by atoms with E-state index in [-0.39, 0.29) is 10.8 Å². The third-order valence-electron chi connectivity index (χ3n) is 2.28. The number of aromatic amines is 1. The van der Waals surface area contributed by atoms with Gasteiger partial charge in [0, 0.05) is 0 Å². The monoisotopic (exact) mass is 222 g/mol. The van der Waals surface area contributed by atoms with Crippen molar-refractivity contribution in [3.8, 4) is 0 Å². The van der Waals surface area contributed by atoms with E-state index in [1.165, 1.54) is 0 Å². The van der Waals surface area contributed by atoms with Gasteiger partial charge in [0.25, 0.3) is 5.56 Å². The molecule has 1 aromatic carbocycles. The molecule has 0 aliphatic heterocycles. The van der Waals surface area contributed by atoms with E-state index in [0.29, 0.717) is 10.9 Å². The Labute approximate surface area is 92.1 Å². The zero-order valence-electron chi connectivity index (χ0n) is 8.38. The summed E-state index contributed by atoms with van der Waals surface area (Å²) in [6.07, 6.45) is 2.03. The van der Waals surface area contributed by atoms with Crippen LogP contribution in [0, 0.1) is 0 Å². The highest BCUT2D eigenvalue weighted by atomic mass is 35.5. The quantitative estimate of drug-likeness (QED) is 0.794. The Hall–Kier alpha value is -1.35. The molecule has 0 amide bonds. The number of halogens is 1. The van der Waals surface area contributed by atoms with Crippen molar-refractivity contribution in [2.75, 3.05) is 0 Å². The van der Waals surface area contributed by atoms with Gasteiger partial charge in [0.05, 0.1) is 10.9 Å². The van der Waals surface area contributed by atoms with Crippen molar-refractivity contribution >= 4 is 22.5 Å². The molecular weight excluding hydrogens is 212 g/mol. The number of aryl methyl sites for hydroxylation is 1. The number of aromatic nitrogens is 2. The minimum absolute atomic E-state index is 0.135. The minimum Gasteiger partial charge on any atom is -0.297 e. The SMILES string of the molecule is CCCc1ccc2nc(Cl)[nH]c(=O)c2c1. The lowest BCUT2D eigenvalue weighted by atomic mass is 10.1. The van der Waals surface area contributed by atoms with Crippen LogP contribution in [-0.2, 0) is 6.42 Å². The Balaban J connectivity index is 2.66. The van der Waals surface area contributed by atoms with Crippen LogP contribution >= 0.6 is 11.6 Å². The summed E-state index contributed by atoms with van der Waals surface area (Å²) in [4.78, 5) is 18.1. The van der Waals surface area contributed by atoms with Crippen LogP contribution in [0.15, 0.2) is 23.0 Å². The van der Waals surface area contributed by atoms with Gasteiger partial charge in [-0.15, -0.1) is 0 Å². The maximum absolute atomic E-state index is 11.6. The Morgan fingerprint density at radius 2 is 2.27 bits per heavy atom. The highest BCUT2D eigenvalue weighted by molar-refractivity contribution is 6.28. The van der Waals surface area contributed by atoms with Crippen LogP contribution in [-0.4, -0.2) is 9.97 Å². The topological polar surface area (TPSA) is 45.8 Å². The molecule has 0 spiro atoms. The van der Waals surface area contributed by atoms with Crippen LogP contribution in [0.1, 0.15) is 18.9 Å². The maximum atomic E-state index is 11.6. The molecule has 1 heterocycles. The van der Waals surface area contributed by atoms with Crippen LogP contribution in [0.4, 0.5) is 0 Å². The number of nitrogens with zero attached hydrogens (tertiary/aromatic N) is 1. The lowest BCUT2D eigenvalue weighted by molar-refractivity contribution is 0.923. The molecule has 2 rings (SSSR count). The first-order valence-electron chi connectivity index (χ1n) is 4.89. The molecule has 4 heteroatoms. The van der Waals surface area contributed by atoms with E-state index in [4.69, 9.17) is 11.6 Å². The summed E-state index contributed by atoms with van der Waals surface area (Å²) in [6.45, 7) is 2.11. The smallest absolute Gasteiger partial charge is 0.259 e. The third-order valence-corrected chi connectivity index (χ3v) is 2.46. The predicted molar refractivity (Wildman–Crippen MR) is 61.4 cm³/mol. The van der Waals surface area contributed by atoms with E-state index in [1.807, 2.05) is 18.2 Å². The summed E-state index contributed by atoms with van der Waals surface area (Å²) in [6, 6.07) is 5.69. The van der Waals surface area contributed by atoms with Crippen molar-refractivity contribution in [1.82, 2.24) is 9.97 Å². The molecule has 0 unspecified atom stereocenters. The predicted octanol–water partition coefficient (Wildman–Crippen LogP) is 2.53. The van der Waals surface area contributed by atoms with E-state index >= 15 is 0 Å². The number of fused-ring (bicyclic) bond motifs is 1. The molecule has 0 bridgehead atoms. The molecule has 1 aromatic heterocycles. The van der Waals surface area contributed by atoms with Gasteiger partial charge in [-0.05, 0) is 35.7 Å². The Morgan fingerprint density at radius 3 is 3.00 bits per heavy atom. The number of nitrogens with one attached hydrogen (secondary N) is 1. The summed E-state index contributed by atoms with van der Waals surface area (Å²) in [7, 11) is 0. The second kappa shape index (κ2) is 4.03. The van der Waals surface area contributed by atoms with E-state index in [1.54, 1.807) is 0 Å². The van der Waals surface area contributed by atoms with Crippen LogP contribution in [0.5, 0.6) is 0 Å². The molecule has 0 fully saturated rings. The molecular formula is C11H11ClN2O. The number of benzene rings is 1. The van der Waals surface area contributed by atoms with Crippen molar-refractivity contribution in [2.45, 2.75) is 19.8 Å². The second-order valence-corrected chi connectivity index (χ2v) is 3.82. The van der Waals surface area contributed by atoms with Crippen LogP contribution in [0.2, 0.25) is 5.28 Å². The van der Waals surface area contributed by atoms with Gasteiger partial charge in [0.15, 0.2) is 0 Å². The highest BCUT2D eigenvalue weighted by Gasteiger charge is 2.02. The highest BCUT2D eigenvalue weighted by Crippen LogP contribution is 2.12. The third kappa shape index (κ3) is 2.02. The zero-order valence-corrected chi connectivity index (χ0v) is 9.14. The van der Waals surface area contributed by atoms with Gasteiger partial charge in [0.1, 0.15) is 0 Å². The van der Waals surface area contributed by atoms with Crippen molar-refractivity contribution in [3.05, 3.63) is 39.4 Å². The second-order valence-electron chi connectivity index (χ2n) is 3.46. The summed E-state index contributed by atoms with van der Waals surface area (Å²) in [5.41, 5.74) is 1.62. The van der Waals surface area contributed by atoms with Crippen molar-refractivity contribution in [3.63, 3.8) is 0 Å². The number of H-pyrrole nitrogens is 1. The average Bonchev–Trinajstić information content (AvgIpc) is 2.19. The summed E-state index contributed by atoms with van der Waals surface area (Å²) in [5, 5.41) is 0.737. The molecule has 3 nitrogen and oxygen atoms in total. The van der Waals surface area contributed by atoms with E-state index in [9.17, 15) is 4.79 Å². The van der Waals surface area contributed by atoms with Crippen LogP contribution < -0.4 is 5.56 Å². The molecule has 1 N–H and O–H groups in total. The van der Waals surface area contributed by atoms with Gasteiger partial charge >= 0.3 is 0 Å². The number of hydrogen-bond donors (Lipinski definition) is 1. The molecule has 0 saturated heterocycles. The summed E-state index contributed by atoms with van der Waals surface area (Å²) >= 11 is 5.66. The van der Waals surface area contributed by atoms with Crippen LogP contribution in [0.3, 0.4) is 0 Å². The fourth-order valence-electron chi connectivity index (χ4n) is 1.60. The summed E-state index contributed by atoms with van der Waals surface area (Å²) in [5.74, 6) is 0. The van der Waals surface area contributed by atoms with Gasteiger partial charge in [-0.3, -0.25) is 9.78 Å². The lowest BCUT2D eigenvalue weighted by Crippen LogP contribution is -2.08. The maximum Gasteiger partial charge on any atom is 0.259 e. The first-order valence-corrected chi connectivity index (χ1v) is 5.27. The van der Waals surface area contributed by atoms with Crippen molar-refractivity contribution in [2.24, 2.45) is 0 Å². The molecule has 0 radical (unpaired) electrons. The number of rotatable bonds is 2. The number of hydrogen-bond acceptors (Lipinski definition) is 2. The van der Waals surface area contributed by atoms with E-state index in [2.05, 4.69) is 16.9 Å². The van der Waals surface area contributed by atoms with E-state index in [0.717, 1.165) is 18.4 Å². The average molecular weight is 223 g/mol. The van der Waals surface area contributed by atoms with Crippen molar-refractivity contribution < 1.29 is 0 Å². The Bertz CT molecular complexity index is 548.